The first-order valence-corrected chi connectivity index (χ1v) is 7.31. The third kappa shape index (κ3) is 4.40. The van der Waals surface area contributed by atoms with Gasteiger partial charge in [0.1, 0.15) is 5.25 Å². The summed E-state index contributed by atoms with van der Waals surface area (Å²) in [4.78, 5) is 11.7. The molecule has 2 unspecified atom stereocenters. The molecule has 4 nitrogen and oxygen atoms in total. The molecule has 0 radical (unpaired) electrons. The van der Waals surface area contributed by atoms with E-state index in [0.29, 0.717) is 11.6 Å². The second-order valence-electron chi connectivity index (χ2n) is 3.76. The summed E-state index contributed by atoms with van der Waals surface area (Å²) in [7, 11) is -1.35. The van der Waals surface area contributed by atoms with Crippen LogP contribution in [0, 0.1) is 0 Å². The van der Waals surface area contributed by atoms with Crippen molar-refractivity contribution in [1.29, 1.82) is 0 Å². The van der Waals surface area contributed by atoms with E-state index in [9.17, 15) is 9.00 Å². The van der Waals surface area contributed by atoms with Crippen LogP contribution in [0.4, 0.5) is 0 Å². The van der Waals surface area contributed by atoms with Crippen molar-refractivity contribution in [3.63, 3.8) is 0 Å². The van der Waals surface area contributed by atoms with E-state index in [2.05, 4.69) is 5.32 Å². The summed E-state index contributed by atoms with van der Waals surface area (Å²) < 4.78 is 11.5. The van der Waals surface area contributed by atoms with Crippen molar-refractivity contribution in [3.05, 3.63) is 34.9 Å². The lowest BCUT2D eigenvalue weighted by atomic mass is 10.2. The average Bonchev–Trinajstić information content (AvgIpc) is 2.36. The molecule has 0 spiro atoms. The first-order chi connectivity index (χ1) is 8.56. The van der Waals surface area contributed by atoms with Crippen LogP contribution >= 0.6 is 11.6 Å². The molecule has 0 aliphatic heterocycles. The molecule has 1 aromatic carbocycles. The lowest BCUT2D eigenvalue weighted by Crippen LogP contribution is -2.36. The number of nitrogens with one attached hydrogen (secondary N) is 1. The highest BCUT2D eigenvalue weighted by atomic mass is 35.5. The van der Waals surface area contributed by atoms with Crippen LogP contribution in [0.2, 0.25) is 5.02 Å². The molecular weight excluding hydrogens is 274 g/mol. The van der Waals surface area contributed by atoms with Gasteiger partial charge in [0, 0.05) is 28.1 Å². The highest BCUT2D eigenvalue weighted by molar-refractivity contribution is 7.86. The van der Waals surface area contributed by atoms with Crippen LogP contribution in [0.15, 0.2) is 24.3 Å². The van der Waals surface area contributed by atoms with E-state index in [-0.39, 0.29) is 18.3 Å². The second kappa shape index (κ2) is 7.51. The Kier molecular flexibility index (Phi) is 6.32. The molecule has 0 bridgehead atoms. The van der Waals surface area contributed by atoms with Crippen LogP contribution in [-0.2, 0) is 22.1 Å². The van der Waals surface area contributed by atoms with E-state index in [4.69, 9.17) is 16.7 Å². The number of rotatable bonds is 6. The molecule has 1 rings (SSSR count). The monoisotopic (exact) mass is 289 g/mol. The molecule has 2 atom stereocenters. The maximum atomic E-state index is 11.7. The maximum Gasteiger partial charge on any atom is 0.235 e. The first kappa shape index (κ1) is 15.1. The summed E-state index contributed by atoms with van der Waals surface area (Å²) in [5, 5.41) is 11.3. The number of hydrogen-bond acceptors (Lipinski definition) is 3. The van der Waals surface area contributed by atoms with Gasteiger partial charge in [0.05, 0.1) is 6.61 Å². The SMILES string of the molecule is CC(C(=O)NCc1ccccc1Cl)S(=O)CCO. The van der Waals surface area contributed by atoms with Gasteiger partial charge >= 0.3 is 0 Å². The zero-order valence-corrected chi connectivity index (χ0v) is 11.6. The molecule has 100 valence electrons. The summed E-state index contributed by atoms with van der Waals surface area (Å²) in [6.45, 7) is 1.70. The number of aliphatic hydroxyl groups is 1. The van der Waals surface area contributed by atoms with Gasteiger partial charge in [0.15, 0.2) is 0 Å². The Morgan fingerprint density at radius 1 is 1.50 bits per heavy atom. The molecule has 0 saturated heterocycles. The standard InChI is InChI=1S/C12H16ClNO3S/c1-9(18(17)7-6-15)12(16)14-8-10-4-2-3-5-11(10)13/h2-5,9,15H,6-8H2,1H3,(H,14,16). The molecule has 0 aliphatic carbocycles. The largest absolute Gasteiger partial charge is 0.395 e. The highest BCUT2D eigenvalue weighted by Gasteiger charge is 2.19. The van der Waals surface area contributed by atoms with E-state index in [1.807, 2.05) is 18.2 Å². The predicted molar refractivity (Wildman–Crippen MR) is 72.9 cm³/mol. The molecule has 1 aromatic rings. The van der Waals surface area contributed by atoms with Gasteiger partial charge in [-0.05, 0) is 18.6 Å². The molecule has 1 amide bonds. The van der Waals surface area contributed by atoms with Crippen LogP contribution in [0.5, 0.6) is 0 Å². The Morgan fingerprint density at radius 2 is 2.17 bits per heavy atom. The van der Waals surface area contributed by atoms with Gasteiger partial charge in [-0.1, -0.05) is 29.8 Å². The Morgan fingerprint density at radius 3 is 2.78 bits per heavy atom. The molecule has 0 saturated carbocycles. The number of aliphatic hydroxyl groups excluding tert-OH is 1. The van der Waals surface area contributed by atoms with E-state index in [1.165, 1.54) is 0 Å². The van der Waals surface area contributed by atoms with Crippen molar-refractivity contribution < 1.29 is 14.1 Å². The molecule has 18 heavy (non-hydrogen) atoms. The van der Waals surface area contributed by atoms with Gasteiger partial charge in [-0.2, -0.15) is 0 Å². The number of carbonyl (C=O) groups excluding carboxylic acids is 1. The predicted octanol–water partition coefficient (Wildman–Crippen LogP) is 1.09. The lowest BCUT2D eigenvalue weighted by molar-refractivity contribution is -0.120. The number of amides is 1. The quantitative estimate of drug-likeness (QED) is 0.824. The van der Waals surface area contributed by atoms with Crippen LogP contribution < -0.4 is 5.32 Å². The van der Waals surface area contributed by atoms with Crippen molar-refractivity contribution in [2.75, 3.05) is 12.4 Å². The summed E-state index contributed by atoms with van der Waals surface area (Å²) in [6.07, 6.45) is 0. The summed E-state index contributed by atoms with van der Waals surface area (Å²) in [6, 6.07) is 7.21. The molecule has 0 fully saturated rings. The average molecular weight is 290 g/mol. The fraction of sp³-hybridized carbons (Fsp3) is 0.417. The van der Waals surface area contributed by atoms with E-state index >= 15 is 0 Å². The van der Waals surface area contributed by atoms with Gasteiger partial charge in [-0.15, -0.1) is 0 Å². The van der Waals surface area contributed by atoms with Crippen molar-refractivity contribution >= 4 is 28.3 Å². The van der Waals surface area contributed by atoms with Gasteiger partial charge in [-0.25, -0.2) is 0 Å². The minimum atomic E-state index is -1.35. The van der Waals surface area contributed by atoms with Gasteiger partial charge in [0.2, 0.25) is 5.91 Å². The maximum absolute atomic E-state index is 11.7. The summed E-state index contributed by atoms with van der Waals surface area (Å²) >= 11 is 5.96. The first-order valence-electron chi connectivity index (χ1n) is 5.55. The van der Waals surface area contributed by atoms with Crippen molar-refractivity contribution in [2.24, 2.45) is 0 Å². The molecular formula is C12H16ClNO3S. The lowest BCUT2D eigenvalue weighted by Gasteiger charge is -2.12. The minimum Gasteiger partial charge on any atom is -0.395 e. The van der Waals surface area contributed by atoms with Gasteiger partial charge < -0.3 is 10.4 Å². The minimum absolute atomic E-state index is 0.112. The van der Waals surface area contributed by atoms with Crippen molar-refractivity contribution in [1.82, 2.24) is 5.32 Å². The van der Waals surface area contributed by atoms with Crippen LogP contribution in [-0.4, -0.2) is 32.8 Å². The molecule has 6 heteroatoms. The zero-order chi connectivity index (χ0) is 13.5. The van der Waals surface area contributed by atoms with E-state index in [0.717, 1.165) is 5.56 Å². The van der Waals surface area contributed by atoms with Crippen LogP contribution in [0.3, 0.4) is 0 Å². The second-order valence-corrected chi connectivity index (χ2v) is 6.04. The van der Waals surface area contributed by atoms with Crippen LogP contribution in [0.1, 0.15) is 12.5 Å². The van der Waals surface area contributed by atoms with Crippen LogP contribution in [0.25, 0.3) is 0 Å². The fourth-order valence-corrected chi connectivity index (χ4v) is 2.41. The number of carbonyl (C=O) groups is 1. The highest BCUT2D eigenvalue weighted by Crippen LogP contribution is 2.14. The Labute approximate surface area is 114 Å². The smallest absolute Gasteiger partial charge is 0.235 e. The summed E-state index contributed by atoms with van der Waals surface area (Å²) in [5.74, 6) is -0.192. The zero-order valence-electron chi connectivity index (χ0n) is 10.1. The third-order valence-electron chi connectivity index (χ3n) is 2.47. The Bertz CT molecular complexity index is 439. The number of halogens is 1. The topological polar surface area (TPSA) is 66.4 Å². The molecule has 2 N–H and O–H groups in total. The fourth-order valence-electron chi connectivity index (χ4n) is 1.35. The van der Waals surface area contributed by atoms with Gasteiger partial charge in [0.25, 0.3) is 0 Å². The van der Waals surface area contributed by atoms with Crippen molar-refractivity contribution in [2.45, 2.75) is 18.7 Å². The Hall–Kier alpha value is -0.910. The summed E-state index contributed by atoms with van der Waals surface area (Å²) in [5.41, 5.74) is 0.813. The third-order valence-corrected chi connectivity index (χ3v) is 4.42. The normalized spacial score (nSPS) is 13.9. The van der Waals surface area contributed by atoms with Crippen molar-refractivity contribution in [3.8, 4) is 0 Å². The van der Waals surface area contributed by atoms with E-state index < -0.39 is 16.0 Å². The molecule has 0 aliphatic rings. The Balaban J connectivity index is 2.51. The van der Waals surface area contributed by atoms with Gasteiger partial charge in [-0.3, -0.25) is 9.00 Å². The number of hydrogen-bond donors (Lipinski definition) is 2. The molecule has 0 aromatic heterocycles. The van der Waals surface area contributed by atoms with E-state index in [1.54, 1.807) is 13.0 Å². The number of benzene rings is 1. The molecule has 0 heterocycles.